The van der Waals surface area contributed by atoms with Gasteiger partial charge in [-0.2, -0.15) is 0 Å². The first kappa shape index (κ1) is 75.3. The summed E-state index contributed by atoms with van der Waals surface area (Å²) in [5.41, 5.74) is 0. The summed E-state index contributed by atoms with van der Waals surface area (Å²) in [6.45, 7) is 4.16. The molecule has 78 heavy (non-hydrogen) atoms. The summed E-state index contributed by atoms with van der Waals surface area (Å²) < 4.78 is 10.8. The summed E-state index contributed by atoms with van der Waals surface area (Å²) in [6, 6.07) is 0. The van der Waals surface area contributed by atoms with Crippen LogP contribution in [0.25, 0.3) is 0 Å². The summed E-state index contributed by atoms with van der Waals surface area (Å²) in [4.78, 5) is 24.6. The van der Waals surface area contributed by atoms with Gasteiger partial charge in [0.25, 0.3) is 0 Å². The van der Waals surface area contributed by atoms with E-state index in [-0.39, 0.29) is 25.2 Å². The number of aliphatic hydroxyl groups is 1. The first-order valence-electron chi connectivity index (χ1n) is 34.5. The zero-order chi connectivity index (χ0) is 56.2. The summed E-state index contributed by atoms with van der Waals surface area (Å²) in [6.07, 6.45) is 95.0. The van der Waals surface area contributed by atoms with Gasteiger partial charge in [0.2, 0.25) is 0 Å². The smallest absolute Gasteiger partial charge is 0.306 e. The molecule has 0 fully saturated rings. The van der Waals surface area contributed by atoms with Gasteiger partial charge in [0.05, 0.1) is 6.61 Å². The lowest BCUT2D eigenvalue weighted by molar-refractivity contribution is -0.161. The Labute approximate surface area is 486 Å². The monoisotopic (exact) mass is 1090 g/mol. The van der Waals surface area contributed by atoms with Gasteiger partial charge in [0.15, 0.2) is 6.10 Å². The van der Waals surface area contributed by atoms with Gasteiger partial charge in [-0.15, -0.1) is 0 Å². The minimum Gasteiger partial charge on any atom is -0.462 e. The number of ether oxygens (including phenoxy) is 2. The Hall–Kier alpha value is -2.66. The number of rotatable bonds is 64. The molecule has 1 unspecified atom stereocenters. The highest BCUT2D eigenvalue weighted by atomic mass is 16.6. The van der Waals surface area contributed by atoms with Crippen molar-refractivity contribution in [3.8, 4) is 0 Å². The van der Waals surface area contributed by atoms with E-state index in [0.29, 0.717) is 12.8 Å². The largest absolute Gasteiger partial charge is 0.462 e. The van der Waals surface area contributed by atoms with Crippen molar-refractivity contribution in [2.24, 2.45) is 0 Å². The zero-order valence-corrected chi connectivity index (χ0v) is 52.2. The molecule has 0 bridgehead atoms. The molecule has 0 saturated carbocycles. The molecule has 0 saturated heterocycles. The van der Waals surface area contributed by atoms with Crippen LogP contribution in [0.4, 0.5) is 0 Å². The fourth-order valence-electron chi connectivity index (χ4n) is 10.3. The van der Waals surface area contributed by atoms with E-state index >= 15 is 0 Å². The quantitative estimate of drug-likeness (QED) is 0.0373. The molecule has 5 nitrogen and oxygen atoms in total. The highest BCUT2D eigenvalue weighted by molar-refractivity contribution is 5.70. The van der Waals surface area contributed by atoms with E-state index in [0.717, 1.165) is 64.2 Å². The second-order valence-corrected chi connectivity index (χ2v) is 23.3. The normalized spacial score (nSPS) is 12.6. The SMILES string of the molecule is CCCCCCC/C=C\C/C=C\C/C=C\CCCCCCCCCCCCCCCCCCCCCCCCC(=O)OC(CO)COC(=O)CCCCCCCCCCCCCC/C=C\C/C=C\C/C=C\CCCCCCC. The molecule has 1 atom stereocenters. The molecule has 0 aliphatic carbocycles. The van der Waals surface area contributed by atoms with Gasteiger partial charge < -0.3 is 14.6 Å². The lowest BCUT2D eigenvalue weighted by Gasteiger charge is -2.15. The number of aliphatic hydroxyl groups excluding tert-OH is 1. The van der Waals surface area contributed by atoms with Gasteiger partial charge in [-0.3, -0.25) is 9.59 Å². The van der Waals surface area contributed by atoms with Crippen LogP contribution < -0.4 is 0 Å². The van der Waals surface area contributed by atoms with Gasteiger partial charge in [0.1, 0.15) is 6.61 Å². The predicted molar refractivity (Wildman–Crippen MR) is 343 cm³/mol. The van der Waals surface area contributed by atoms with Crippen molar-refractivity contribution in [3.05, 3.63) is 72.9 Å². The van der Waals surface area contributed by atoms with E-state index in [2.05, 4.69) is 86.8 Å². The van der Waals surface area contributed by atoms with E-state index in [9.17, 15) is 14.7 Å². The van der Waals surface area contributed by atoms with Crippen molar-refractivity contribution in [2.45, 2.75) is 367 Å². The minimum absolute atomic E-state index is 0.0649. The molecule has 0 aliphatic rings. The maximum Gasteiger partial charge on any atom is 0.306 e. The summed E-state index contributed by atoms with van der Waals surface area (Å²) in [5, 5.41) is 9.70. The van der Waals surface area contributed by atoms with E-state index in [4.69, 9.17) is 9.47 Å². The fraction of sp³-hybridized carbons (Fsp3) is 0.808. The van der Waals surface area contributed by atoms with Gasteiger partial charge >= 0.3 is 11.9 Å². The molecule has 0 spiro atoms. The van der Waals surface area contributed by atoms with Crippen molar-refractivity contribution < 1.29 is 24.2 Å². The van der Waals surface area contributed by atoms with E-state index in [1.165, 1.54) is 270 Å². The Bertz CT molecular complexity index is 1370. The first-order valence-corrected chi connectivity index (χ1v) is 34.5. The Morgan fingerprint density at radius 2 is 0.513 bits per heavy atom. The van der Waals surface area contributed by atoms with Gasteiger partial charge in [-0.25, -0.2) is 0 Å². The lowest BCUT2D eigenvalue weighted by atomic mass is 10.0. The number of hydrogen-bond donors (Lipinski definition) is 1. The van der Waals surface area contributed by atoms with E-state index in [1.54, 1.807) is 0 Å². The molecule has 0 radical (unpaired) electrons. The molecule has 0 aromatic heterocycles. The van der Waals surface area contributed by atoms with E-state index < -0.39 is 6.10 Å². The lowest BCUT2D eigenvalue weighted by Crippen LogP contribution is -2.28. The molecular formula is C73H132O5. The summed E-state index contributed by atoms with van der Waals surface area (Å²) in [5.74, 6) is -0.577. The molecule has 0 rings (SSSR count). The molecule has 0 aliphatic heterocycles. The van der Waals surface area contributed by atoms with Crippen molar-refractivity contribution in [1.29, 1.82) is 0 Å². The number of hydrogen-bond acceptors (Lipinski definition) is 5. The maximum atomic E-state index is 12.4. The maximum absolute atomic E-state index is 12.4. The molecule has 0 heterocycles. The van der Waals surface area contributed by atoms with Crippen LogP contribution in [0.5, 0.6) is 0 Å². The van der Waals surface area contributed by atoms with Crippen LogP contribution in [0.1, 0.15) is 361 Å². The Morgan fingerprint density at radius 3 is 0.769 bits per heavy atom. The second-order valence-electron chi connectivity index (χ2n) is 23.3. The number of allylic oxidation sites excluding steroid dienone is 12. The Morgan fingerprint density at radius 1 is 0.295 bits per heavy atom. The average Bonchev–Trinajstić information content (AvgIpc) is 3.44. The second kappa shape index (κ2) is 68.6. The van der Waals surface area contributed by atoms with Gasteiger partial charge in [-0.1, -0.05) is 331 Å². The molecule has 454 valence electrons. The number of unbranched alkanes of at least 4 members (excludes halogenated alkanes) is 44. The third-order valence-corrected chi connectivity index (χ3v) is 15.5. The van der Waals surface area contributed by atoms with Crippen molar-refractivity contribution >= 4 is 11.9 Å². The number of carbonyl (C=O) groups is 2. The van der Waals surface area contributed by atoms with Crippen LogP contribution in [0.2, 0.25) is 0 Å². The molecule has 1 N–H and O–H groups in total. The van der Waals surface area contributed by atoms with Crippen LogP contribution >= 0.6 is 0 Å². The van der Waals surface area contributed by atoms with Crippen molar-refractivity contribution in [1.82, 2.24) is 0 Å². The minimum atomic E-state index is -0.775. The molecule has 0 aromatic rings. The highest BCUT2D eigenvalue weighted by Gasteiger charge is 2.16. The number of carbonyl (C=O) groups excluding carboxylic acids is 2. The third kappa shape index (κ3) is 65.9. The van der Waals surface area contributed by atoms with Crippen molar-refractivity contribution in [2.75, 3.05) is 13.2 Å². The fourth-order valence-corrected chi connectivity index (χ4v) is 10.3. The highest BCUT2D eigenvalue weighted by Crippen LogP contribution is 2.18. The Kier molecular flexibility index (Phi) is 66.3. The topological polar surface area (TPSA) is 72.8 Å². The summed E-state index contributed by atoms with van der Waals surface area (Å²) >= 11 is 0. The number of esters is 2. The van der Waals surface area contributed by atoms with Crippen LogP contribution in [0.3, 0.4) is 0 Å². The van der Waals surface area contributed by atoms with Gasteiger partial charge in [-0.05, 0) is 89.9 Å². The molecule has 5 heteroatoms. The van der Waals surface area contributed by atoms with Gasteiger partial charge in [0, 0.05) is 12.8 Å². The van der Waals surface area contributed by atoms with Crippen LogP contribution in [0, 0.1) is 0 Å². The standard InChI is InChI=1S/C73H132O5/c1-3-5-7-9-11-13-15-17-19-21-23-25-27-29-31-32-33-34-35-36-37-38-39-40-42-44-46-48-50-52-54-56-58-60-62-64-66-68-73(76)78-71(69-74)70-77-72(75)67-65-63-61-59-57-55-53-51-49-47-45-43-41-30-28-26-24-22-20-18-16-14-12-10-8-6-4-2/h15-18,21-24,27-30,71,74H,3-14,19-20,25-26,31-70H2,1-2H3/b17-15-,18-16-,23-21-,24-22-,29-27-,30-28-. The molecular weight excluding hydrogens is 957 g/mol. The first-order chi connectivity index (χ1) is 38.6. The molecule has 0 amide bonds. The van der Waals surface area contributed by atoms with E-state index in [1.807, 2.05) is 0 Å². The average molecular weight is 1090 g/mol. The van der Waals surface area contributed by atoms with Crippen LogP contribution in [0.15, 0.2) is 72.9 Å². The third-order valence-electron chi connectivity index (χ3n) is 15.5. The van der Waals surface area contributed by atoms with Crippen LogP contribution in [-0.2, 0) is 19.1 Å². The summed E-state index contributed by atoms with van der Waals surface area (Å²) in [7, 11) is 0. The Balaban J connectivity index is 3.43. The predicted octanol–water partition coefficient (Wildman–Crippen LogP) is 23.9. The molecule has 0 aromatic carbocycles. The van der Waals surface area contributed by atoms with Crippen LogP contribution in [-0.4, -0.2) is 36.4 Å². The zero-order valence-electron chi connectivity index (χ0n) is 52.2. The van der Waals surface area contributed by atoms with Crippen molar-refractivity contribution in [3.63, 3.8) is 0 Å².